The van der Waals surface area contributed by atoms with Crippen LogP contribution in [0.5, 0.6) is 5.75 Å². The molecular weight excluding hydrogens is 526 g/mol. The number of hydrogen-bond donors (Lipinski definition) is 2. The van der Waals surface area contributed by atoms with Crippen LogP contribution in [0.3, 0.4) is 0 Å². The van der Waals surface area contributed by atoms with Gasteiger partial charge in [-0.1, -0.05) is 12.2 Å². The number of benzene rings is 1. The lowest BCUT2D eigenvalue weighted by molar-refractivity contribution is -0.410. The van der Waals surface area contributed by atoms with Gasteiger partial charge in [-0.3, -0.25) is 15.0 Å². The number of anilines is 2. The van der Waals surface area contributed by atoms with E-state index in [9.17, 15) is 18.4 Å². The summed E-state index contributed by atoms with van der Waals surface area (Å²) in [5.41, 5.74) is 8.58. The van der Waals surface area contributed by atoms with Gasteiger partial charge in [-0.25, -0.2) is 9.78 Å². The fraction of sp³-hybridized carbons (Fsp3) is 0.429. The van der Waals surface area contributed by atoms with Crippen molar-refractivity contribution in [1.82, 2.24) is 5.32 Å². The first-order chi connectivity index (χ1) is 18.2. The van der Waals surface area contributed by atoms with Crippen LogP contribution >= 0.6 is 12.2 Å². The van der Waals surface area contributed by atoms with Crippen molar-refractivity contribution in [2.24, 2.45) is 5.73 Å². The molecule has 8 nitrogen and oxygen atoms in total. The number of H-pyrrole nitrogens is 1. The number of carbonyl (C=O) groups excluding carboxylic acids is 2. The number of rotatable bonds is 4. The number of amides is 2. The number of alkyl carbamates (subject to hydrolysis) is 1. The van der Waals surface area contributed by atoms with E-state index in [0.29, 0.717) is 40.5 Å². The maximum Gasteiger partial charge on any atom is 0.411 e. The summed E-state index contributed by atoms with van der Waals surface area (Å²) in [4.78, 5) is 30.9. The molecule has 1 aliphatic heterocycles. The number of carbonyl (C=O) groups is 2. The van der Waals surface area contributed by atoms with E-state index in [4.69, 9.17) is 27.4 Å². The van der Waals surface area contributed by atoms with Crippen LogP contribution in [0.25, 0.3) is 5.57 Å². The number of fused-ring (bicyclic) bond motifs is 1. The van der Waals surface area contributed by atoms with Crippen LogP contribution < -0.4 is 25.7 Å². The lowest BCUT2D eigenvalue weighted by Crippen LogP contribution is -2.34. The van der Waals surface area contributed by atoms with Gasteiger partial charge in [-0.15, -0.1) is 0 Å². The van der Waals surface area contributed by atoms with E-state index in [2.05, 4.69) is 10.3 Å². The molecular formula is C28H33F2N4O4S+. The van der Waals surface area contributed by atoms with Crippen LogP contribution in [0.1, 0.15) is 80.1 Å². The van der Waals surface area contributed by atoms with Crippen molar-refractivity contribution in [3.8, 4) is 5.75 Å². The number of aromatic nitrogens is 1. The molecule has 1 atom stereocenters. The second-order valence-corrected chi connectivity index (χ2v) is 11.3. The SMILES string of the molecule is COc1ccc2c(c1C)CCC1C(NC(=O)OC(C)(C)C)=C(C(N)=O)c3c(C(F)F)[nH+]c(C)c(c31)N2C(C)=S. The van der Waals surface area contributed by atoms with Gasteiger partial charge in [0.05, 0.1) is 28.9 Å². The quantitative estimate of drug-likeness (QED) is 0.492. The first-order valence-electron chi connectivity index (χ1n) is 12.6. The number of pyridine rings is 1. The predicted octanol–water partition coefficient (Wildman–Crippen LogP) is 5.31. The Bertz CT molecular complexity index is 1430. The first-order valence-corrected chi connectivity index (χ1v) is 13.0. The molecule has 4 rings (SSSR count). The molecule has 1 aromatic heterocycles. The zero-order valence-corrected chi connectivity index (χ0v) is 23.9. The number of thiocarbonyl (C=S) groups is 1. The summed E-state index contributed by atoms with van der Waals surface area (Å²) in [5.74, 6) is -0.887. The Morgan fingerprint density at radius 2 is 1.92 bits per heavy atom. The standard InChI is InChI=1S/C28H32F2N4O4S/c1-12-15-8-9-16-19-20(21(26(31)35)22(16)33-27(36)38-28(4,5)6)23(25(29)30)32-13(2)24(19)34(14(3)39)17(15)10-11-18(12)37-7/h10-11,16,25H,8-9H2,1-7H3,(H2,31,35)(H,33,36)/p+1. The largest absolute Gasteiger partial charge is 0.496 e. The number of primary amides is 1. The minimum absolute atomic E-state index is 0.0101. The molecule has 2 heterocycles. The Morgan fingerprint density at radius 3 is 2.46 bits per heavy atom. The third-order valence-electron chi connectivity index (χ3n) is 6.99. The van der Waals surface area contributed by atoms with Gasteiger partial charge in [0.1, 0.15) is 17.0 Å². The number of methoxy groups -OCH3 is 1. The number of aromatic amines is 1. The Hall–Kier alpha value is -3.60. The maximum atomic E-state index is 14.5. The fourth-order valence-electron chi connectivity index (χ4n) is 5.61. The van der Waals surface area contributed by atoms with E-state index in [0.717, 1.165) is 16.8 Å². The monoisotopic (exact) mass is 559 g/mol. The number of nitrogens with one attached hydrogen (secondary N) is 2. The van der Waals surface area contributed by atoms with Crippen molar-refractivity contribution in [2.75, 3.05) is 12.0 Å². The minimum Gasteiger partial charge on any atom is -0.496 e. The highest BCUT2D eigenvalue weighted by atomic mass is 32.1. The highest BCUT2D eigenvalue weighted by Gasteiger charge is 2.46. The van der Waals surface area contributed by atoms with Crippen molar-refractivity contribution in [3.63, 3.8) is 0 Å². The molecule has 0 saturated heterocycles. The van der Waals surface area contributed by atoms with Crippen molar-refractivity contribution in [2.45, 2.75) is 72.3 Å². The molecule has 1 aromatic carbocycles. The maximum absolute atomic E-state index is 14.5. The molecule has 0 radical (unpaired) electrons. The average Bonchev–Trinajstić information content (AvgIpc) is 3.10. The van der Waals surface area contributed by atoms with E-state index in [1.54, 1.807) is 41.7 Å². The molecule has 2 amide bonds. The van der Waals surface area contributed by atoms with Crippen LogP contribution in [0, 0.1) is 13.8 Å². The zero-order chi connectivity index (χ0) is 29.0. The number of allylic oxidation sites excluding steroid dienone is 1. The summed E-state index contributed by atoms with van der Waals surface area (Å²) in [5, 5.41) is 2.70. The first kappa shape index (κ1) is 28.4. The number of nitrogens with two attached hydrogens (primary N) is 1. The average molecular weight is 560 g/mol. The number of aryl methyl sites for hydroxylation is 1. The molecule has 1 aliphatic carbocycles. The van der Waals surface area contributed by atoms with E-state index >= 15 is 0 Å². The predicted molar refractivity (Wildman–Crippen MR) is 147 cm³/mol. The number of hydrogen-bond acceptors (Lipinski definition) is 5. The number of nitrogens with zero attached hydrogens (tertiary/aromatic N) is 1. The van der Waals surface area contributed by atoms with E-state index in [-0.39, 0.29) is 16.8 Å². The summed E-state index contributed by atoms with van der Waals surface area (Å²) in [7, 11) is 1.59. The second-order valence-electron chi connectivity index (χ2n) is 10.7. The number of alkyl halides is 2. The van der Waals surface area contributed by atoms with Crippen LogP contribution in [0.15, 0.2) is 17.8 Å². The molecule has 0 fully saturated rings. The molecule has 2 aromatic rings. The van der Waals surface area contributed by atoms with Gasteiger partial charge in [0.25, 0.3) is 11.6 Å². The van der Waals surface area contributed by atoms with Crippen molar-refractivity contribution >= 4 is 46.2 Å². The summed E-state index contributed by atoms with van der Waals surface area (Å²) in [6.45, 7) is 10.5. The van der Waals surface area contributed by atoms with Crippen molar-refractivity contribution < 1.29 is 32.8 Å². The smallest absolute Gasteiger partial charge is 0.411 e. The Morgan fingerprint density at radius 1 is 1.26 bits per heavy atom. The molecule has 11 heteroatoms. The van der Waals surface area contributed by atoms with E-state index in [1.165, 1.54) is 0 Å². The molecule has 4 N–H and O–H groups in total. The normalized spacial score (nSPS) is 16.4. The zero-order valence-electron chi connectivity index (χ0n) is 23.0. The van der Waals surface area contributed by atoms with Crippen LogP contribution in [0.2, 0.25) is 0 Å². The Labute approximate surface area is 231 Å². The van der Waals surface area contributed by atoms with Gasteiger partial charge < -0.3 is 15.2 Å². The Kier molecular flexibility index (Phi) is 7.41. The summed E-state index contributed by atoms with van der Waals surface area (Å²) >= 11 is 5.70. The molecule has 208 valence electrons. The lowest BCUT2D eigenvalue weighted by atomic mass is 9.86. The third kappa shape index (κ3) is 4.95. The topological polar surface area (TPSA) is 108 Å². The van der Waals surface area contributed by atoms with E-state index < -0.39 is 35.6 Å². The van der Waals surface area contributed by atoms with Crippen molar-refractivity contribution in [3.05, 3.63) is 51.5 Å². The summed E-state index contributed by atoms with van der Waals surface area (Å²) in [6, 6.07) is 3.73. The van der Waals surface area contributed by atoms with Crippen LogP contribution in [-0.2, 0) is 16.0 Å². The third-order valence-corrected chi connectivity index (χ3v) is 7.18. The number of halogens is 2. The van der Waals surface area contributed by atoms with Gasteiger partial charge in [0.2, 0.25) is 5.69 Å². The summed E-state index contributed by atoms with van der Waals surface area (Å²) < 4.78 is 40.0. The highest BCUT2D eigenvalue weighted by molar-refractivity contribution is 7.80. The van der Waals surface area contributed by atoms with Crippen LogP contribution in [-0.4, -0.2) is 29.7 Å². The van der Waals surface area contributed by atoms with Gasteiger partial charge in [0.15, 0.2) is 0 Å². The number of ether oxygens (including phenoxy) is 2. The second kappa shape index (κ2) is 10.2. The molecule has 0 bridgehead atoms. The van der Waals surface area contributed by atoms with Gasteiger partial charge in [-0.2, -0.15) is 8.78 Å². The lowest BCUT2D eigenvalue weighted by Gasteiger charge is -2.33. The van der Waals surface area contributed by atoms with E-state index in [1.807, 2.05) is 24.0 Å². The molecule has 0 saturated carbocycles. The molecule has 39 heavy (non-hydrogen) atoms. The molecule has 2 aliphatic rings. The fourth-order valence-corrected chi connectivity index (χ4v) is 5.80. The van der Waals surface area contributed by atoms with Crippen LogP contribution in [0.4, 0.5) is 25.0 Å². The van der Waals surface area contributed by atoms with Crippen molar-refractivity contribution in [1.29, 1.82) is 0 Å². The summed E-state index contributed by atoms with van der Waals surface area (Å²) in [6.07, 6.45) is -2.88. The van der Waals surface area contributed by atoms with Gasteiger partial charge >= 0.3 is 12.5 Å². The van der Waals surface area contributed by atoms with Gasteiger partial charge in [-0.05, 0) is 70.7 Å². The highest BCUT2D eigenvalue weighted by Crippen LogP contribution is 2.53. The molecule has 0 spiro atoms. The minimum atomic E-state index is -2.94. The molecule has 1 unspecified atom stereocenters. The Balaban J connectivity index is 2.07. The van der Waals surface area contributed by atoms with Gasteiger partial charge in [0, 0.05) is 24.1 Å².